The molecule has 1 N–H and O–H groups in total. The van der Waals surface area contributed by atoms with Crippen LogP contribution in [-0.4, -0.2) is 74.2 Å². The predicted octanol–water partition coefficient (Wildman–Crippen LogP) is -0.299. The third-order valence-corrected chi connectivity index (χ3v) is 6.92. The normalized spacial score (nSPS) is 28.4. The van der Waals surface area contributed by atoms with E-state index in [0.717, 1.165) is 12.3 Å². The first-order valence-electron chi connectivity index (χ1n) is 6.95. The first-order valence-corrected chi connectivity index (χ1v) is 9.82. The number of hydrogen-bond donors (Lipinski definition) is 1. The molecule has 8 heteroatoms. The summed E-state index contributed by atoms with van der Waals surface area (Å²) in [4.78, 5) is 13.9. The standard InChI is InChI=1S/C12H22N2O4S2/c1-2-20(16,17)12-9-19-6-4-14(12)11(15)7-10-8-13-3-5-18-10/h10,12-13H,2-9H2,1H3. The van der Waals surface area contributed by atoms with Crippen LogP contribution in [0.25, 0.3) is 0 Å². The number of carbonyl (C=O) groups is 1. The molecule has 0 aromatic heterocycles. The maximum Gasteiger partial charge on any atom is 0.226 e. The number of amides is 1. The molecular weight excluding hydrogens is 300 g/mol. The molecule has 2 saturated heterocycles. The summed E-state index contributed by atoms with van der Waals surface area (Å²) in [5.74, 6) is 1.24. The van der Waals surface area contributed by atoms with E-state index < -0.39 is 15.2 Å². The Labute approximate surface area is 124 Å². The Morgan fingerprint density at radius 3 is 2.95 bits per heavy atom. The SMILES string of the molecule is CCS(=O)(=O)C1CSCCN1C(=O)CC1CNCCO1. The molecule has 0 aromatic carbocycles. The number of thioether (sulfide) groups is 1. The Morgan fingerprint density at radius 2 is 2.30 bits per heavy atom. The number of sulfone groups is 1. The van der Waals surface area contributed by atoms with Crippen molar-refractivity contribution in [3.05, 3.63) is 0 Å². The van der Waals surface area contributed by atoms with Gasteiger partial charge in [0, 0.05) is 36.9 Å². The smallest absolute Gasteiger partial charge is 0.226 e. The molecule has 2 atom stereocenters. The lowest BCUT2D eigenvalue weighted by atomic mass is 10.2. The Kier molecular flexibility index (Phi) is 5.71. The number of nitrogens with one attached hydrogen (secondary N) is 1. The van der Waals surface area contributed by atoms with Crippen LogP contribution in [0.15, 0.2) is 0 Å². The average Bonchev–Trinajstić information content (AvgIpc) is 2.48. The second kappa shape index (κ2) is 7.11. The highest BCUT2D eigenvalue weighted by atomic mass is 32.2. The summed E-state index contributed by atoms with van der Waals surface area (Å²) in [6.45, 7) is 4.20. The second-order valence-corrected chi connectivity index (χ2v) is 8.57. The van der Waals surface area contributed by atoms with E-state index >= 15 is 0 Å². The summed E-state index contributed by atoms with van der Waals surface area (Å²) in [6, 6.07) is 0. The highest BCUT2D eigenvalue weighted by Gasteiger charge is 2.36. The van der Waals surface area contributed by atoms with Crippen molar-refractivity contribution >= 4 is 27.5 Å². The van der Waals surface area contributed by atoms with Crippen molar-refractivity contribution in [2.24, 2.45) is 0 Å². The first kappa shape index (κ1) is 16.1. The van der Waals surface area contributed by atoms with E-state index in [-0.39, 0.29) is 24.2 Å². The highest BCUT2D eigenvalue weighted by molar-refractivity contribution is 8.01. The zero-order valence-corrected chi connectivity index (χ0v) is 13.3. The summed E-state index contributed by atoms with van der Waals surface area (Å²) in [5.41, 5.74) is 0. The molecule has 2 fully saturated rings. The van der Waals surface area contributed by atoms with Crippen LogP contribution in [0, 0.1) is 0 Å². The summed E-state index contributed by atoms with van der Waals surface area (Å²) in [5, 5.41) is 2.51. The van der Waals surface area contributed by atoms with Gasteiger partial charge in [0.15, 0.2) is 9.84 Å². The largest absolute Gasteiger partial charge is 0.375 e. The Hall–Kier alpha value is -0.310. The molecule has 2 aliphatic rings. The van der Waals surface area contributed by atoms with Crippen LogP contribution in [0.3, 0.4) is 0 Å². The molecule has 0 aromatic rings. The van der Waals surface area contributed by atoms with E-state index in [0.29, 0.717) is 25.4 Å². The fourth-order valence-electron chi connectivity index (χ4n) is 2.42. The molecule has 2 unspecified atom stereocenters. The minimum atomic E-state index is -3.23. The molecule has 2 rings (SSSR count). The lowest BCUT2D eigenvalue weighted by Gasteiger charge is -2.36. The van der Waals surface area contributed by atoms with Gasteiger partial charge in [-0.05, 0) is 0 Å². The number of ether oxygens (including phenoxy) is 1. The van der Waals surface area contributed by atoms with Crippen LogP contribution in [-0.2, 0) is 19.4 Å². The number of nitrogens with zero attached hydrogens (tertiary/aromatic N) is 1. The van der Waals surface area contributed by atoms with E-state index in [4.69, 9.17) is 4.74 Å². The van der Waals surface area contributed by atoms with Crippen molar-refractivity contribution in [3.63, 3.8) is 0 Å². The predicted molar refractivity (Wildman–Crippen MR) is 79.5 cm³/mol. The zero-order chi connectivity index (χ0) is 14.6. The molecule has 0 radical (unpaired) electrons. The van der Waals surface area contributed by atoms with Crippen LogP contribution in [0.2, 0.25) is 0 Å². The maximum absolute atomic E-state index is 12.4. The molecule has 0 aliphatic carbocycles. The molecule has 0 bridgehead atoms. The minimum absolute atomic E-state index is 0.0729. The Balaban J connectivity index is 2.01. The van der Waals surface area contributed by atoms with Crippen LogP contribution >= 0.6 is 11.8 Å². The van der Waals surface area contributed by atoms with Gasteiger partial charge in [-0.25, -0.2) is 8.42 Å². The monoisotopic (exact) mass is 322 g/mol. The van der Waals surface area contributed by atoms with E-state index in [1.807, 2.05) is 0 Å². The molecule has 20 heavy (non-hydrogen) atoms. The zero-order valence-electron chi connectivity index (χ0n) is 11.7. The van der Waals surface area contributed by atoms with Crippen molar-refractivity contribution in [1.29, 1.82) is 0 Å². The van der Waals surface area contributed by atoms with Crippen molar-refractivity contribution in [2.75, 3.05) is 43.5 Å². The summed E-state index contributed by atoms with van der Waals surface area (Å²) < 4.78 is 29.7. The lowest BCUT2D eigenvalue weighted by molar-refractivity contribution is -0.135. The Morgan fingerprint density at radius 1 is 1.50 bits per heavy atom. The molecule has 6 nitrogen and oxygen atoms in total. The fraction of sp³-hybridized carbons (Fsp3) is 0.917. The molecule has 2 heterocycles. The number of carbonyl (C=O) groups excluding carboxylic acids is 1. The van der Waals surface area contributed by atoms with Crippen molar-refractivity contribution in [1.82, 2.24) is 10.2 Å². The number of hydrogen-bond acceptors (Lipinski definition) is 6. The van der Waals surface area contributed by atoms with Crippen LogP contribution in [0.1, 0.15) is 13.3 Å². The maximum atomic E-state index is 12.4. The van der Waals surface area contributed by atoms with E-state index in [9.17, 15) is 13.2 Å². The van der Waals surface area contributed by atoms with Gasteiger partial charge in [0.25, 0.3) is 0 Å². The lowest BCUT2D eigenvalue weighted by Crippen LogP contribution is -2.52. The molecule has 2 aliphatic heterocycles. The quantitative estimate of drug-likeness (QED) is 0.766. The molecular formula is C12H22N2O4S2. The first-order chi connectivity index (χ1) is 9.54. The van der Waals surface area contributed by atoms with Gasteiger partial charge in [0.1, 0.15) is 5.37 Å². The van der Waals surface area contributed by atoms with Gasteiger partial charge in [-0.1, -0.05) is 6.92 Å². The average molecular weight is 322 g/mol. The summed E-state index contributed by atoms with van der Waals surface area (Å²) in [6.07, 6.45) is 0.115. The minimum Gasteiger partial charge on any atom is -0.375 e. The van der Waals surface area contributed by atoms with Gasteiger partial charge in [0.2, 0.25) is 5.91 Å². The fourth-order valence-corrected chi connectivity index (χ4v) is 5.41. The van der Waals surface area contributed by atoms with Gasteiger partial charge in [-0.3, -0.25) is 4.79 Å². The molecule has 1 amide bonds. The van der Waals surface area contributed by atoms with E-state index in [1.165, 1.54) is 4.90 Å². The number of rotatable bonds is 4. The number of morpholine rings is 1. The van der Waals surface area contributed by atoms with Gasteiger partial charge >= 0.3 is 0 Å². The van der Waals surface area contributed by atoms with Crippen LogP contribution in [0.5, 0.6) is 0 Å². The molecule has 0 spiro atoms. The van der Waals surface area contributed by atoms with E-state index in [2.05, 4.69) is 5.32 Å². The van der Waals surface area contributed by atoms with Crippen molar-refractivity contribution in [2.45, 2.75) is 24.8 Å². The third kappa shape index (κ3) is 3.87. The molecule has 116 valence electrons. The second-order valence-electron chi connectivity index (χ2n) is 4.97. The van der Waals surface area contributed by atoms with Gasteiger partial charge < -0.3 is 15.0 Å². The van der Waals surface area contributed by atoms with Crippen molar-refractivity contribution in [3.8, 4) is 0 Å². The van der Waals surface area contributed by atoms with Gasteiger partial charge in [-0.2, -0.15) is 11.8 Å². The van der Waals surface area contributed by atoms with Gasteiger partial charge in [-0.15, -0.1) is 0 Å². The van der Waals surface area contributed by atoms with Crippen LogP contribution < -0.4 is 5.32 Å². The highest BCUT2D eigenvalue weighted by Crippen LogP contribution is 2.22. The third-order valence-electron chi connectivity index (χ3n) is 3.63. The van der Waals surface area contributed by atoms with E-state index in [1.54, 1.807) is 18.7 Å². The Bertz CT molecular complexity index is 435. The summed E-state index contributed by atoms with van der Waals surface area (Å²) >= 11 is 1.60. The van der Waals surface area contributed by atoms with Gasteiger partial charge in [0.05, 0.1) is 19.1 Å². The van der Waals surface area contributed by atoms with Crippen molar-refractivity contribution < 1.29 is 17.9 Å². The summed E-state index contributed by atoms with van der Waals surface area (Å²) in [7, 11) is -3.23. The molecule has 0 saturated carbocycles. The van der Waals surface area contributed by atoms with Crippen LogP contribution in [0.4, 0.5) is 0 Å². The topological polar surface area (TPSA) is 75.7 Å².